The highest BCUT2D eigenvalue weighted by Gasteiger charge is 2.45. The van der Waals surface area contributed by atoms with E-state index in [0.29, 0.717) is 18.4 Å². The maximum Gasteiger partial charge on any atom is 0.417 e. The Morgan fingerprint density at radius 2 is 1.90 bits per heavy atom. The average molecular weight is 575 g/mol. The summed E-state index contributed by atoms with van der Waals surface area (Å²) in [5, 5.41) is 25.5. The van der Waals surface area contributed by atoms with E-state index in [4.69, 9.17) is 10.1 Å². The molecule has 0 spiro atoms. The number of alkyl halides is 3. The molecule has 4 N–H and O–H groups in total. The van der Waals surface area contributed by atoms with E-state index >= 15 is 0 Å². The first-order chi connectivity index (χ1) is 19.3. The van der Waals surface area contributed by atoms with Crippen molar-refractivity contribution in [3.05, 3.63) is 70.3 Å². The maximum atomic E-state index is 14.1. The number of nitrogens with one attached hydrogen (secondary N) is 3. The van der Waals surface area contributed by atoms with Crippen molar-refractivity contribution in [2.24, 2.45) is 0 Å². The minimum atomic E-state index is -4.83. The van der Waals surface area contributed by atoms with Crippen LogP contribution < -0.4 is 10.6 Å². The van der Waals surface area contributed by atoms with Crippen LogP contribution >= 0.6 is 0 Å². The molecule has 1 fully saturated rings. The Labute approximate surface area is 237 Å². The van der Waals surface area contributed by atoms with Crippen molar-refractivity contribution < 1.29 is 32.6 Å². The van der Waals surface area contributed by atoms with Gasteiger partial charge in [-0.1, -0.05) is 44.2 Å². The van der Waals surface area contributed by atoms with Crippen molar-refractivity contribution >= 4 is 17.8 Å². The molecule has 0 radical (unpaired) electrons. The average Bonchev–Trinajstić information content (AvgIpc) is 3.18. The Morgan fingerprint density at radius 3 is 2.51 bits per heavy atom. The van der Waals surface area contributed by atoms with Gasteiger partial charge in [0.2, 0.25) is 5.91 Å². The van der Waals surface area contributed by atoms with Crippen LogP contribution in [-0.2, 0) is 22.1 Å². The van der Waals surface area contributed by atoms with Crippen LogP contribution in [-0.4, -0.2) is 52.6 Å². The Bertz CT molecular complexity index is 1300. The lowest BCUT2D eigenvalue weighted by Crippen LogP contribution is -2.62. The van der Waals surface area contributed by atoms with Crippen molar-refractivity contribution in [1.82, 2.24) is 15.5 Å². The van der Waals surface area contributed by atoms with Gasteiger partial charge in [0, 0.05) is 25.7 Å². The van der Waals surface area contributed by atoms with Crippen LogP contribution in [0.15, 0.2) is 42.5 Å². The van der Waals surface area contributed by atoms with E-state index < -0.39 is 46.4 Å². The number of amides is 2. The Morgan fingerprint density at radius 1 is 1.22 bits per heavy atom. The van der Waals surface area contributed by atoms with E-state index in [9.17, 15) is 27.9 Å². The number of aliphatic hydroxyl groups is 1. The van der Waals surface area contributed by atoms with Gasteiger partial charge in [0.1, 0.15) is 0 Å². The van der Waals surface area contributed by atoms with E-state index in [1.807, 2.05) is 19.9 Å². The summed E-state index contributed by atoms with van der Waals surface area (Å²) in [4.78, 5) is 28.2. The van der Waals surface area contributed by atoms with Crippen LogP contribution in [0.3, 0.4) is 0 Å². The zero-order valence-electron chi connectivity index (χ0n) is 23.7. The lowest BCUT2D eigenvalue weighted by atomic mass is 9.85. The second-order valence-corrected chi connectivity index (χ2v) is 11.1. The van der Waals surface area contributed by atoms with Gasteiger partial charge in [-0.3, -0.25) is 19.9 Å². The van der Waals surface area contributed by atoms with E-state index in [0.717, 1.165) is 17.7 Å². The lowest BCUT2D eigenvalue weighted by molar-refractivity contribution is -0.138. The monoisotopic (exact) mass is 574 g/mol. The number of carbonyl (C=O) groups excluding carboxylic acids is 2. The summed E-state index contributed by atoms with van der Waals surface area (Å²) in [7, 11) is 1.47. The number of rotatable bonds is 9. The van der Waals surface area contributed by atoms with Crippen LogP contribution in [0.2, 0.25) is 0 Å². The molecule has 11 heteroatoms. The minimum Gasteiger partial charge on any atom is -0.387 e. The molecule has 8 nitrogen and oxygen atoms in total. The predicted molar refractivity (Wildman–Crippen MR) is 147 cm³/mol. The Kier molecular flexibility index (Phi) is 8.52. The molecule has 0 bridgehead atoms. The van der Waals surface area contributed by atoms with Gasteiger partial charge in [-0.2, -0.15) is 13.2 Å². The number of carbonyl (C=O) groups is 2. The zero-order valence-corrected chi connectivity index (χ0v) is 23.7. The van der Waals surface area contributed by atoms with Crippen molar-refractivity contribution in [1.29, 1.82) is 5.41 Å². The molecule has 222 valence electrons. The second-order valence-electron chi connectivity index (χ2n) is 11.1. The second kappa shape index (κ2) is 11.4. The molecule has 3 atom stereocenters. The van der Waals surface area contributed by atoms with E-state index in [2.05, 4.69) is 10.6 Å². The number of guanidine groups is 1. The molecule has 2 aromatic rings. The molecule has 1 aliphatic carbocycles. The molecule has 41 heavy (non-hydrogen) atoms. The standard InChI is InChI=1S/C30H37F3N4O4/c1-5-29(6-2)17-24(38)37(27(34)36-29)23(13-14-41-4)18-11-12-22(30(31,32)33)21(15-18)26(39)35-25-20-10-8-7-9-19(20)16-28(25,3)40/h7-12,15,23,25,40H,5-6,13-14,16-17H2,1-4H3,(H2,34,36)(H,35,39)/t23?,25-,28-/m1/s1. The molecule has 1 saturated heterocycles. The number of hydrogen-bond acceptors (Lipinski definition) is 5. The molecule has 2 aromatic carbocycles. The topological polar surface area (TPSA) is 115 Å². The van der Waals surface area contributed by atoms with Crippen molar-refractivity contribution in [2.75, 3.05) is 13.7 Å². The highest BCUT2D eigenvalue weighted by molar-refractivity contribution is 6.00. The predicted octanol–water partition coefficient (Wildman–Crippen LogP) is 4.88. The number of nitrogens with zero attached hydrogens (tertiary/aromatic N) is 1. The minimum absolute atomic E-state index is 0.121. The molecule has 1 aliphatic heterocycles. The van der Waals surface area contributed by atoms with Crippen LogP contribution in [0.4, 0.5) is 13.2 Å². The summed E-state index contributed by atoms with van der Waals surface area (Å²) in [6.07, 6.45) is -3.05. The maximum absolute atomic E-state index is 14.1. The summed E-state index contributed by atoms with van der Waals surface area (Å²) in [5.74, 6) is -1.47. The molecule has 0 saturated carbocycles. The van der Waals surface area contributed by atoms with Crippen molar-refractivity contribution in [3.63, 3.8) is 0 Å². The molecule has 2 aliphatic rings. The molecular formula is C30H37F3N4O4. The molecular weight excluding hydrogens is 537 g/mol. The third-order valence-electron chi connectivity index (χ3n) is 8.43. The van der Waals surface area contributed by atoms with E-state index in [1.165, 1.54) is 25.0 Å². The van der Waals surface area contributed by atoms with Crippen LogP contribution in [0, 0.1) is 5.41 Å². The molecule has 0 aromatic heterocycles. The fourth-order valence-corrected chi connectivity index (χ4v) is 5.98. The summed E-state index contributed by atoms with van der Waals surface area (Å²) in [6, 6.07) is 8.52. The summed E-state index contributed by atoms with van der Waals surface area (Å²) >= 11 is 0. The first kappa shape index (κ1) is 30.5. The summed E-state index contributed by atoms with van der Waals surface area (Å²) in [5.41, 5.74) is -2.03. The largest absolute Gasteiger partial charge is 0.417 e. The van der Waals surface area contributed by atoms with Gasteiger partial charge in [-0.25, -0.2) is 0 Å². The molecule has 1 unspecified atom stereocenters. The third kappa shape index (κ3) is 5.97. The number of ether oxygens (including phenoxy) is 1. The summed E-state index contributed by atoms with van der Waals surface area (Å²) in [6.45, 7) is 5.55. The smallest absolute Gasteiger partial charge is 0.387 e. The quantitative estimate of drug-likeness (QED) is 0.341. The third-order valence-corrected chi connectivity index (χ3v) is 8.43. The first-order valence-electron chi connectivity index (χ1n) is 13.8. The highest BCUT2D eigenvalue weighted by Crippen LogP contribution is 2.41. The number of methoxy groups -OCH3 is 1. The van der Waals surface area contributed by atoms with Gasteiger partial charge < -0.3 is 20.5 Å². The number of hydrogen-bond donors (Lipinski definition) is 4. The molecule has 1 heterocycles. The molecule has 4 rings (SSSR count). The van der Waals surface area contributed by atoms with Gasteiger partial charge in [0.25, 0.3) is 5.91 Å². The van der Waals surface area contributed by atoms with Gasteiger partial charge in [0.05, 0.1) is 35.2 Å². The van der Waals surface area contributed by atoms with E-state index in [-0.39, 0.29) is 43.3 Å². The van der Waals surface area contributed by atoms with Gasteiger partial charge in [-0.05, 0) is 55.0 Å². The summed E-state index contributed by atoms with van der Waals surface area (Å²) < 4.78 is 47.6. The lowest BCUT2D eigenvalue weighted by Gasteiger charge is -2.45. The SMILES string of the molecule is CCC1(CC)CC(=O)N(C(CCOC)c2ccc(C(F)(F)F)c(C(=O)N[C@@H]3c4ccccc4C[C@@]3(C)O)c2)C(=N)N1. The van der Waals surface area contributed by atoms with Gasteiger partial charge in [0.15, 0.2) is 5.96 Å². The van der Waals surface area contributed by atoms with Crippen LogP contribution in [0.1, 0.15) is 91.1 Å². The van der Waals surface area contributed by atoms with Crippen molar-refractivity contribution in [2.45, 2.75) is 82.3 Å². The number of fused-ring (bicyclic) bond motifs is 1. The van der Waals surface area contributed by atoms with Gasteiger partial charge >= 0.3 is 6.18 Å². The highest BCUT2D eigenvalue weighted by atomic mass is 19.4. The normalized spacial score (nSPS) is 22.7. The molecule has 2 amide bonds. The Balaban J connectivity index is 1.74. The Hall–Kier alpha value is -3.44. The fourth-order valence-electron chi connectivity index (χ4n) is 5.98. The van der Waals surface area contributed by atoms with E-state index in [1.54, 1.807) is 18.2 Å². The van der Waals surface area contributed by atoms with Crippen molar-refractivity contribution in [3.8, 4) is 0 Å². The number of halogens is 3. The first-order valence-corrected chi connectivity index (χ1v) is 13.8. The van der Waals surface area contributed by atoms with Crippen LogP contribution in [0.25, 0.3) is 0 Å². The number of benzene rings is 2. The fraction of sp³-hybridized carbons (Fsp3) is 0.500. The van der Waals surface area contributed by atoms with Gasteiger partial charge in [-0.15, -0.1) is 0 Å². The zero-order chi connectivity index (χ0) is 30.2. The van der Waals surface area contributed by atoms with Crippen LogP contribution in [0.5, 0.6) is 0 Å².